The van der Waals surface area contributed by atoms with Crippen LogP contribution in [-0.4, -0.2) is 52.2 Å². The Balaban J connectivity index is 1.78. The average Bonchev–Trinajstić information content (AvgIpc) is 3.20. The number of nitrogens with one attached hydrogen (secondary N) is 1. The Kier molecular flexibility index (Phi) is 9.91. The second-order valence-corrected chi connectivity index (χ2v) is 10.2. The number of hydrogen-bond acceptors (Lipinski definition) is 5. The predicted molar refractivity (Wildman–Crippen MR) is 137 cm³/mol. The molecule has 1 aliphatic carbocycles. The van der Waals surface area contributed by atoms with Gasteiger partial charge in [0.2, 0.25) is 5.28 Å². The number of imidazole rings is 1. The van der Waals surface area contributed by atoms with Gasteiger partial charge < -0.3 is 24.5 Å². The fourth-order valence-electron chi connectivity index (χ4n) is 4.24. The van der Waals surface area contributed by atoms with Crippen LogP contribution in [0.3, 0.4) is 0 Å². The van der Waals surface area contributed by atoms with Gasteiger partial charge in [-0.15, -0.1) is 13.2 Å². The van der Waals surface area contributed by atoms with Crippen LogP contribution in [0.4, 0.5) is 13.2 Å². The lowest BCUT2D eigenvalue weighted by Crippen LogP contribution is -2.34. The van der Waals surface area contributed by atoms with E-state index in [0.717, 1.165) is 0 Å². The summed E-state index contributed by atoms with van der Waals surface area (Å²) in [6.45, 7) is 4.11. The molecular formula is C27H31ClF3N3O5. The number of carbonyl (C=O) groups excluding carboxylic acids is 1. The zero-order valence-electron chi connectivity index (χ0n) is 21.9. The van der Waals surface area contributed by atoms with E-state index in [4.69, 9.17) is 16.3 Å². The summed E-state index contributed by atoms with van der Waals surface area (Å²) < 4.78 is 48.1. The minimum atomic E-state index is -4.78. The molecule has 1 aromatic heterocycles. The molecule has 1 aromatic carbocycles. The smallest absolute Gasteiger partial charge is 0.481 e. The fourth-order valence-corrected chi connectivity index (χ4v) is 4.49. The van der Waals surface area contributed by atoms with Crippen molar-refractivity contribution < 1.29 is 37.3 Å². The van der Waals surface area contributed by atoms with E-state index in [0.29, 0.717) is 44.2 Å². The second kappa shape index (κ2) is 12.7. The number of carbonyl (C=O) groups is 2. The van der Waals surface area contributed by atoms with Gasteiger partial charge in [0.25, 0.3) is 5.91 Å². The van der Waals surface area contributed by atoms with Crippen LogP contribution in [0.2, 0.25) is 5.28 Å². The monoisotopic (exact) mass is 569 g/mol. The third-order valence-corrected chi connectivity index (χ3v) is 6.95. The highest BCUT2D eigenvalue weighted by Gasteiger charge is 2.31. The van der Waals surface area contributed by atoms with Crippen molar-refractivity contribution in [1.82, 2.24) is 14.9 Å². The standard InChI is InChI=1S/C27H31ClF3N3O5/c1-26(2,38-3)14-12-21-22(23(35)32-16-18-4-8-19(9-5-18)24(36)37)34(25(28)33-21)15-13-17-6-10-20(11-7-17)39-27(29,30)31/h6-7,10-11,18-19H,4-5,8-9,13,15-16H2,1-3H3,(H,32,35)(H,36,37). The molecule has 0 atom stereocenters. The summed E-state index contributed by atoms with van der Waals surface area (Å²) in [7, 11) is 1.51. The van der Waals surface area contributed by atoms with Crippen molar-refractivity contribution in [3.05, 3.63) is 46.5 Å². The van der Waals surface area contributed by atoms with Crippen molar-refractivity contribution >= 4 is 23.5 Å². The molecule has 0 unspecified atom stereocenters. The summed E-state index contributed by atoms with van der Waals surface area (Å²) in [4.78, 5) is 28.9. The lowest BCUT2D eigenvalue weighted by molar-refractivity contribution is -0.274. The van der Waals surface area contributed by atoms with Crippen LogP contribution in [-0.2, 0) is 22.5 Å². The quantitative estimate of drug-likeness (QED) is 0.409. The number of benzene rings is 1. The van der Waals surface area contributed by atoms with Gasteiger partial charge in [0.15, 0.2) is 0 Å². The molecule has 2 N–H and O–H groups in total. The molecule has 0 bridgehead atoms. The summed E-state index contributed by atoms with van der Waals surface area (Å²) in [5.74, 6) is 4.07. The molecule has 0 radical (unpaired) electrons. The number of amides is 1. The summed E-state index contributed by atoms with van der Waals surface area (Å²) in [5, 5.41) is 12.2. The number of aryl methyl sites for hydroxylation is 1. The first-order chi connectivity index (χ1) is 18.3. The predicted octanol–water partition coefficient (Wildman–Crippen LogP) is 5.08. The number of halogens is 4. The Hall–Kier alpha value is -3.23. The number of alkyl halides is 3. The topological polar surface area (TPSA) is 103 Å². The molecule has 0 spiro atoms. The van der Waals surface area contributed by atoms with E-state index >= 15 is 0 Å². The van der Waals surface area contributed by atoms with Crippen molar-refractivity contribution in [1.29, 1.82) is 0 Å². The molecular weight excluding hydrogens is 539 g/mol. The van der Waals surface area contributed by atoms with Crippen LogP contribution in [0.15, 0.2) is 24.3 Å². The van der Waals surface area contributed by atoms with Gasteiger partial charge >= 0.3 is 12.3 Å². The maximum Gasteiger partial charge on any atom is 0.573 e. The van der Waals surface area contributed by atoms with Crippen LogP contribution in [0.25, 0.3) is 0 Å². The maximum absolute atomic E-state index is 13.4. The van der Waals surface area contributed by atoms with Gasteiger partial charge in [0, 0.05) is 20.2 Å². The number of carboxylic acids is 1. The van der Waals surface area contributed by atoms with Gasteiger partial charge in [-0.1, -0.05) is 18.1 Å². The second-order valence-electron chi connectivity index (χ2n) is 9.90. The van der Waals surface area contributed by atoms with Gasteiger partial charge in [-0.3, -0.25) is 9.59 Å². The zero-order valence-corrected chi connectivity index (χ0v) is 22.7. The number of aromatic nitrogens is 2. The molecule has 2 aromatic rings. The number of rotatable bonds is 9. The molecule has 0 saturated heterocycles. The van der Waals surface area contributed by atoms with Crippen molar-refractivity contribution in [2.75, 3.05) is 13.7 Å². The van der Waals surface area contributed by atoms with Gasteiger partial charge in [0.1, 0.15) is 22.7 Å². The largest absolute Gasteiger partial charge is 0.573 e. The van der Waals surface area contributed by atoms with E-state index in [-0.39, 0.29) is 40.8 Å². The molecule has 1 amide bonds. The highest BCUT2D eigenvalue weighted by molar-refractivity contribution is 6.29. The third kappa shape index (κ3) is 8.90. The highest BCUT2D eigenvalue weighted by Crippen LogP contribution is 2.29. The summed E-state index contributed by atoms with van der Waals surface area (Å²) >= 11 is 6.41. The number of aliphatic carboxylic acids is 1. The molecule has 1 heterocycles. The van der Waals surface area contributed by atoms with Crippen LogP contribution in [0.5, 0.6) is 5.75 Å². The van der Waals surface area contributed by atoms with E-state index in [2.05, 4.69) is 26.9 Å². The minimum absolute atomic E-state index is 0.0404. The number of methoxy groups -OCH3 is 1. The molecule has 1 saturated carbocycles. The molecule has 0 aliphatic heterocycles. The number of hydrogen-bond donors (Lipinski definition) is 2. The van der Waals surface area contributed by atoms with Crippen LogP contribution in [0, 0.1) is 23.7 Å². The minimum Gasteiger partial charge on any atom is -0.481 e. The first-order valence-corrected chi connectivity index (χ1v) is 12.9. The third-order valence-electron chi connectivity index (χ3n) is 6.66. The zero-order chi connectivity index (χ0) is 28.8. The maximum atomic E-state index is 13.4. The van der Waals surface area contributed by atoms with Crippen molar-refractivity contribution in [3.63, 3.8) is 0 Å². The number of carboxylic acid groups (broad SMARTS) is 1. The molecule has 39 heavy (non-hydrogen) atoms. The first-order valence-electron chi connectivity index (χ1n) is 12.5. The molecule has 12 heteroatoms. The normalized spacial score (nSPS) is 17.7. The molecule has 212 valence electrons. The SMILES string of the molecule is COC(C)(C)C#Cc1nc(Cl)n(CCc2ccc(OC(F)(F)F)cc2)c1C(=O)NCC1CCC(C(=O)O)CC1. The Labute approximate surface area is 229 Å². The lowest BCUT2D eigenvalue weighted by Gasteiger charge is -2.26. The van der Waals surface area contributed by atoms with E-state index in [1.165, 1.54) is 35.9 Å². The van der Waals surface area contributed by atoms with Gasteiger partial charge in [0.05, 0.1) is 5.92 Å². The number of ether oxygens (including phenoxy) is 2. The fraction of sp³-hybridized carbons (Fsp3) is 0.519. The van der Waals surface area contributed by atoms with E-state index < -0.39 is 23.8 Å². The Morgan fingerprint density at radius 2 is 1.82 bits per heavy atom. The Morgan fingerprint density at radius 1 is 1.18 bits per heavy atom. The summed E-state index contributed by atoms with van der Waals surface area (Å²) in [5.41, 5.74) is 0.235. The lowest BCUT2D eigenvalue weighted by atomic mass is 9.82. The van der Waals surface area contributed by atoms with Gasteiger partial charge in [-0.2, -0.15) is 0 Å². The van der Waals surface area contributed by atoms with E-state index in [1.54, 1.807) is 13.8 Å². The van der Waals surface area contributed by atoms with Crippen LogP contribution < -0.4 is 10.1 Å². The van der Waals surface area contributed by atoms with Crippen LogP contribution in [0.1, 0.15) is 61.3 Å². The van der Waals surface area contributed by atoms with Crippen LogP contribution >= 0.6 is 11.6 Å². The number of nitrogens with zero attached hydrogens (tertiary/aromatic N) is 2. The Bertz CT molecular complexity index is 1220. The van der Waals surface area contributed by atoms with E-state index in [1.807, 2.05) is 0 Å². The summed E-state index contributed by atoms with van der Waals surface area (Å²) in [6, 6.07) is 5.44. The molecule has 3 rings (SSSR count). The summed E-state index contributed by atoms with van der Waals surface area (Å²) in [6.07, 6.45) is -1.92. The Morgan fingerprint density at radius 3 is 2.38 bits per heavy atom. The van der Waals surface area contributed by atoms with E-state index in [9.17, 15) is 27.9 Å². The van der Waals surface area contributed by atoms with Crippen molar-refractivity contribution in [2.24, 2.45) is 11.8 Å². The first kappa shape index (κ1) is 30.3. The molecule has 1 aliphatic rings. The van der Waals surface area contributed by atoms with Gasteiger partial charge in [-0.05, 0) is 87.1 Å². The molecule has 1 fully saturated rings. The average molecular weight is 570 g/mol. The van der Waals surface area contributed by atoms with Crippen molar-refractivity contribution in [3.8, 4) is 17.6 Å². The highest BCUT2D eigenvalue weighted by atomic mass is 35.5. The molecule has 8 nitrogen and oxygen atoms in total. The van der Waals surface area contributed by atoms with Crippen molar-refractivity contribution in [2.45, 2.75) is 64.5 Å². The van der Waals surface area contributed by atoms with Gasteiger partial charge in [-0.25, -0.2) is 4.98 Å².